The molecular formula is C16H18ClNO2. The maximum absolute atomic E-state index is 6.33. The number of halogens is 1. The second-order valence-electron chi connectivity index (χ2n) is 4.61. The zero-order valence-corrected chi connectivity index (χ0v) is 12.6. The van der Waals surface area contributed by atoms with Crippen molar-refractivity contribution in [3.63, 3.8) is 0 Å². The first-order valence-electron chi connectivity index (χ1n) is 6.30. The molecule has 0 fully saturated rings. The molecule has 0 bridgehead atoms. The molecule has 2 rings (SSSR count). The van der Waals surface area contributed by atoms with Crippen LogP contribution in [-0.2, 0) is 0 Å². The van der Waals surface area contributed by atoms with Gasteiger partial charge < -0.3 is 15.2 Å². The van der Waals surface area contributed by atoms with E-state index in [4.69, 9.17) is 26.8 Å². The van der Waals surface area contributed by atoms with Gasteiger partial charge in [-0.3, -0.25) is 0 Å². The van der Waals surface area contributed by atoms with E-state index in [1.165, 1.54) is 0 Å². The fourth-order valence-corrected chi connectivity index (χ4v) is 2.48. The number of methoxy groups -OCH3 is 2. The third-order valence-corrected chi connectivity index (χ3v) is 3.59. The van der Waals surface area contributed by atoms with Crippen molar-refractivity contribution in [2.75, 3.05) is 14.2 Å². The first-order valence-corrected chi connectivity index (χ1v) is 6.68. The molecule has 3 nitrogen and oxygen atoms in total. The van der Waals surface area contributed by atoms with Crippen LogP contribution in [0.15, 0.2) is 36.4 Å². The summed E-state index contributed by atoms with van der Waals surface area (Å²) in [5.74, 6) is 1.42. The summed E-state index contributed by atoms with van der Waals surface area (Å²) in [5, 5.41) is 0.662. The molecule has 0 saturated heterocycles. The molecule has 0 radical (unpaired) electrons. The van der Waals surface area contributed by atoms with Gasteiger partial charge in [0.05, 0.1) is 20.3 Å². The van der Waals surface area contributed by atoms with E-state index < -0.39 is 0 Å². The summed E-state index contributed by atoms with van der Waals surface area (Å²) < 4.78 is 10.6. The van der Waals surface area contributed by atoms with E-state index in [1.54, 1.807) is 14.2 Å². The molecule has 0 aliphatic carbocycles. The molecule has 1 unspecified atom stereocenters. The molecule has 0 amide bonds. The van der Waals surface area contributed by atoms with Gasteiger partial charge in [-0.2, -0.15) is 0 Å². The molecule has 0 spiro atoms. The van der Waals surface area contributed by atoms with Gasteiger partial charge in [0.15, 0.2) is 0 Å². The fourth-order valence-electron chi connectivity index (χ4n) is 2.13. The Hall–Kier alpha value is -1.71. The average Bonchev–Trinajstić information content (AvgIpc) is 2.46. The number of benzene rings is 2. The SMILES string of the molecule is COc1ccc(C(N)c2ccc(C)cc2Cl)c(OC)c1. The Morgan fingerprint density at radius 2 is 1.70 bits per heavy atom. The summed E-state index contributed by atoms with van der Waals surface area (Å²) in [6, 6.07) is 11.1. The summed E-state index contributed by atoms with van der Waals surface area (Å²) in [5.41, 5.74) is 9.18. The maximum Gasteiger partial charge on any atom is 0.127 e. The monoisotopic (exact) mass is 291 g/mol. The first-order chi connectivity index (χ1) is 9.56. The lowest BCUT2D eigenvalue weighted by Gasteiger charge is -2.18. The van der Waals surface area contributed by atoms with Crippen molar-refractivity contribution in [3.8, 4) is 11.5 Å². The van der Waals surface area contributed by atoms with Crippen molar-refractivity contribution in [1.29, 1.82) is 0 Å². The summed E-state index contributed by atoms with van der Waals surface area (Å²) in [4.78, 5) is 0. The molecule has 0 aliphatic heterocycles. The van der Waals surface area contributed by atoms with Crippen LogP contribution in [0.3, 0.4) is 0 Å². The molecule has 0 aromatic heterocycles. The molecule has 2 aromatic rings. The van der Waals surface area contributed by atoms with Crippen LogP contribution in [0.4, 0.5) is 0 Å². The van der Waals surface area contributed by atoms with Gasteiger partial charge in [-0.25, -0.2) is 0 Å². The summed E-state index contributed by atoms with van der Waals surface area (Å²) in [6.45, 7) is 2.00. The van der Waals surface area contributed by atoms with Crippen LogP contribution in [-0.4, -0.2) is 14.2 Å². The van der Waals surface area contributed by atoms with E-state index in [-0.39, 0.29) is 6.04 Å². The molecule has 0 heterocycles. The molecule has 106 valence electrons. The lowest BCUT2D eigenvalue weighted by molar-refractivity contribution is 0.390. The van der Waals surface area contributed by atoms with Crippen LogP contribution in [0.5, 0.6) is 11.5 Å². The van der Waals surface area contributed by atoms with Crippen molar-refractivity contribution in [1.82, 2.24) is 0 Å². The number of rotatable bonds is 4. The van der Waals surface area contributed by atoms with Crippen molar-refractivity contribution in [3.05, 3.63) is 58.1 Å². The molecular weight excluding hydrogens is 274 g/mol. The van der Waals surface area contributed by atoms with Crippen LogP contribution in [0, 0.1) is 6.92 Å². The van der Waals surface area contributed by atoms with Crippen molar-refractivity contribution >= 4 is 11.6 Å². The minimum Gasteiger partial charge on any atom is -0.497 e. The predicted octanol–water partition coefficient (Wildman–Crippen LogP) is 3.71. The Morgan fingerprint density at radius 1 is 1.00 bits per heavy atom. The van der Waals surface area contributed by atoms with Crippen LogP contribution in [0.25, 0.3) is 0 Å². The third-order valence-electron chi connectivity index (χ3n) is 3.27. The predicted molar refractivity (Wildman–Crippen MR) is 81.8 cm³/mol. The number of hydrogen-bond donors (Lipinski definition) is 1. The van der Waals surface area contributed by atoms with Crippen LogP contribution in [0.2, 0.25) is 5.02 Å². The Morgan fingerprint density at radius 3 is 2.30 bits per heavy atom. The smallest absolute Gasteiger partial charge is 0.127 e. The van der Waals surface area contributed by atoms with E-state index in [1.807, 2.05) is 43.3 Å². The van der Waals surface area contributed by atoms with E-state index in [0.29, 0.717) is 10.8 Å². The molecule has 0 saturated carbocycles. The zero-order valence-electron chi connectivity index (χ0n) is 11.8. The second kappa shape index (κ2) is 6.16. The van der Waals surface area contributed by atoms with Crippen molar-refractivity contribution < 1.29 is 9.47 Å². The molecule has 2 N–H and O–H groups in total. The van der Waals surface area contributed by atoms with Gasteiger partial charge in [-0.15, -0.1) is 0 Å². The number of aryl methyl sites for hydroxylation is 1. The first kappa shape index (κ1) is 14.7. The van der Waals surface area contributed by atoms with E-state index in [2.05, 4.69) is 0 Å². The Labute approximate surface area is 124 Å². The van der Waals surface area contributed by atoms with Crippen molar-refractivity contribution in [2.45, 2.75) is 13.0 Å². The van der Waals surface area contributed by atoms with E-state index >= 15 is 0 Å². The summed E-state index contributed by atoms with van der Waals surface area (Å²) in [7, 11) is 3.23. The minimum absolute atomic E-state index is 0.344. The highest BCUT2D eigenvalue weighted by molar-refractivity contribution is 6.31. The van der Waals surface area contributed by atoms with Gasteiger partial charge in [0.25, 0.3) is 0 Å². The van der Waals surface area contributed by atoms with E-state index in [0.717, 1.165) is 22.4 Å². The number of hydrogen-bond acceptors (Lipinski definition) is 3. The van der Waals surface area contributed by atoms with Gasteiger partial charge in [-0.1, -0.05) is 23.7 Å². The highest BCUT2D eigenvalue weighted by Crippen LogP contribution is 2.34. The number of ether oxygens (including phenoxy) is 2. The largest absolute Gasteiger partial charge is 0.497 e. The average molecular weight is 292 g/mol. The Balaban J connectivity index is 2.44. The molecule has 1 atom stereocenters. The van der Waals surface area contributed by atoms with Crippen LogP contribution < -0.4 is 15.2 Å². The van der Waals surface area contributed by atoms with Crippen molar-refractivity contribution in [2.24, 2.45) is 5.73 Å². The molecule has 2 aromatic carbocycles. The van der Waals surface area contributed by atoms with Crippen LogP contribution in [0.1, 0.15) is 22.7 Å². The van der Waals surface area contributed by atoms with Gasteiger partial charge in [0.2, 0.25) is 0 Å². The van der Waals surface area contributed by atoms with E-state index in [9.17, 15) is 0 Å². The minimum atomic E-state index is -0.344. The van der Waals surface area contributed by atoms with Gasteiger partial charge in [-0.05, 0) is 36.2 Å². The zero-order chi connectivity index (χ0) is 14.7. The lowest BCUT2D eigenvalue weighted by Crippen LogP contribution is -2.13. The standard InChI is InChI=1S/C16H18ClNO2/c1-10-4-6-12(14(17)8-10)16(18)13-7-5-11(19-2)9-15(13)20-3/h4-9,16H,18H2,1-3H3. The number of nitrogens with two attached hydrogens (primary N) is 1. The topological polar surface area (TPSA) is 44.5 Å². The highest BCUT2D eigenvalue weighted by Gasteiger charge is 2.17. The van der Waals surface area contributed by atoms with Crippen LogP contribution >= 0.6 is 11.6 Å². The quantitative estimate of drug-likeness (QED) is 0.934. The second-order valence-corrected chi connectivity index (χ2v) is 5.02. The third kappa shape index (κ3) is 2.89. The molecule has 0 aliphatic rings. The fraction of sp³-hybridized carbons (Fsp3) is 0.250. The summed E-state index contributed by atoms with van der Waals surface area (Å²) >= 11 is 6.28. The summed E-state index contributed by atoms with van der Waals surface area (Å²) in [6.07, 6.45) is 0. The molecule has 4 heteroatoms. The Bertz CT molecular complexity index is 613. The normalized spacial score (nSPS) is 12.1. The van der Waals surface area contributed by atoms with Gasteiger partial charge in [0, 0.05) is 16.7 Å². The van der Waals surface area contributed by atoms with Gasteiger partial charge >= 0.3 is 0 Å². The maximum atomic E-state index is 6.33. The highest BCUT2D eigenvalue weighted by atomic mass is 35.5. The Kier molecular flexibility index (Phi) is 4.53. The van der Waals surface area contributed by atoms with Gasteiger partial charge in [0.1, 0.15) is 11.5 Å². The molecule has 20 heavy (non-hydrogen) atoms. The lowest BCUT2D eigenvalue weighted by atomic mass is 9.97.